The molecule has 2 amide bonds. The monoisotopic (exact) mass is 558 g/mol. The fourth-order valence-electron chi connectivity index (χ4n) is 4.32. The lowest BCUT2D eigenvalue weighted by Gasteiger charge is -2.27. The van der Waals surface area contributed by atoms with Gasteiger partial charge in [-0.2, -0.15) is 13.2 Å². The number of H-pyrrole nitrogens is 1. The molecule has 210 valence electrons. The van der Waals surface area contributed by atoms with Crippen molar-refractivity contribution in [3.05, 3.63) is 77.9 Å². The van der Waals surface area contributed by atoms with Crippen LogP contribution in [-0.2, 0) is 30.3 Å². The minimum atomic E-state index is -5.40. The summed E-state index contributed by atoms with van der Waals surface area (Å²) in [5, 5.41) is 4.64. The van der Waals surface area contributed by atoms with E-state index in [2.05, 4.69) is 25.3 Å². The lowest BCUT2D eigenvalue weighted by atomic mass is 9.98. The molecule has 0 spiro atoms. The number of carbonyl (C=O) groups excluding carboxylic acids is 4. The Bertz CT molecular complexity index is 1380. The van der Waals surface area contributed by atoms with Crippen molar-refractivity contribution >= 4 is 23.9 Å². The average Bonchev–Trinajstić information content (AvgIpc) is 3.52. The van der Waals surface area contributed by atoms with Gasteiger partial charge < -0.3 is 25.1 Å². The third-order valence-electron chi connectivity index (χ3n) is 6.28. The summed E-state index contributed by atoms with van der Waals surface area (Å²) in [4.78, 5) is 55.9. The Kier molecular flexibility index (Phi) is 7.93. The van der Waals surface area contributed by atoms with E-state index in [1.165, 1.54) is 12.5 Å². The van der Waals surface area contributed by atoms with Crippen LogP contribution in [0.1, 0.15) is 36.6 Å². The molecule has 13 heteroatoms. The molecular weight excluding hydrogens is 533 g/mol. The predicted molar refractivity (Wildman–Crippen MR) is 134 cm³/mol. The van der Waals surface area contributed by atoms with E-state index in [1.807, 2.05) is 48.5 Å². The molecular formula is C27H25F3N4O6. The van der Waals surface area contributed by atoms with Crippen LogP contribution < -0.4 is 10.6 Å². The van der Waals surface area contributed by atoms with Crippen LogP contribution in [0.5, 0.6) is 0 Å². The quantitative estimate of drug-likeness (QED) is 0.285. The molecule has 2 aromatic carbocycles. The number of halogens is 3. The van der Waals surface area contributed by atoms with Crippen LogP contribution in [0, 0.1) is 0 Å². The summed E-state index contributed by atoms with van der Waals surface area (Å²) < 4.78 is 46.9. The molecule has 0 radical (unpaired) electrons. The normalized spacial score (nSPS) is 13.5. The standard InChI is InChI=1S/C27H25F3N4O6/c1-26(2,23(36)40-24(37)27(28,29)30)34-22(35)21(11-15-12-31-14-32-15)33-25(38)39-13-20-18-9-5-3-7-16(18)17-8-4-6-10-19(17)20/h3-10,12,14,20-21H,11,13H2,1-2H3,(H,31,32)(H,33,38)(H,34,35)/t21-/m0/s1. The largest absolute Gasteiger partial charge is 0.491 e. The van der Waals surface area contributed by atoms with E-state index < -0.39 is 41.7 Å². The second-order valence-corrected chi connectivity index (χ2v) is 9.58. The van der Waals surface area contributed by atoms with Gasteiger partial charge in [0.1, 0.15) is 18.2 Å². The van der Waals surface area contributed by atoms with Crippen LogP contribution in [-0.4, -0.2) is 58.3 Å². The number of imidazole rings is 1. The summed E-state index contributed by atoms with van der Waals surface area (Å²) in [5.41, 5.74) is 2.34. The zero-order valence-electron chi connectivity index (χ0n) is 21.4. The summed E-state index contributed by atoms with van der Waals surface area (Å²) >= 11 is 0. The molecule has 0 aliphatic heterocycles. The highest BCUT2D eigenvalue weighted by Gasteiger charge is 2.45. The van der Waals surface area contributed by atoms with Crippen molar-refractivity contribution in [2.24, 2.45) is 0 Å². The number of hydrogen-bond acceptors (Lipinski definition) is 7. The SMILES string of the molecule is CC(C)(NC(=O)[C@H](Cc1c[nH]cn1)NC(=O)OCC1c2ccccc2-c2ccccc21)C(=O)OC(=O)C(F)(F)F. The highest BCUT2D eigenvalue weighted by Crippen LogP contribution is 2.44. The minimum absolute atomic E-state index is 0.0338. The number of amides is 2. The molecule has 0 bridgehead atoms. The Balaban J connectivity index is 1.44. The van der Waals surface area contributed by atoms with E-state index in [-0.39, 0.29) is 18.9 Å². The van der Waals surface area contributed by atoms with Crippen LogP contribution in [0.15, 0.2) is 61.1 Å². The third kappa shape index (κ3) is 6.30. The van der Waals surface area contributed by atoms with Gasteiger partial charge in [0.2, 0.25) is 5.91 Å². The Morgan fingerprint density at radius 1 is 0.975 bits per heavy atom. The predicted octanol–water partition coefficient (Wildman–Crippen LogP) is 3.39. The molecule has 0 unspecified atom stereocenters. The van der Waals surface area contributed by atoms with Crippen LogP contribution in [0.25, 0.3) is 11.1 Å². The van der Waals surface area contributed by atoms with Crippen molar-refractivity contribution in [2.45, 2.75) is 43.9 Å². The topological polar surface area (TPSA) is 139 Å². The molecule has 4 rings (SSSR count). The van der Waals surface area contributed by atoms with Gasteiger partial charge in [0.15, 0.2) is 0 Å². The first kappa shape index (κ1) is 28.3. The highest BCUT2D eigenvalue weighted by atomic mass is 19.4. The Morgan fingerprint density at radius 2 is 1.57 bits per heavy atom. The maximum Gasteiger partial charge on any atom is 0.491 e. The zero-order valence-corrected chi connectivity index (χ0v) is 21.4. The number of alkyl halides is 3. The number of benzene rings is 2. The van der Waals surface area contributed by atoms with Gasteiger partial charge >= 0.3 is 24.2 Å². The summed E-state index contributed by atoms with van der Waals surface area (Å²) in [5.74, 6) is -5.54. The van der Waals surface area contributed by atoms with Gasteiger partial charge in [-0.1, -0.05) is 48.5 Å². The number of rotatable bonds is 8. The molecule has 0 saturated heterocycles. The van der Waals surface area contributed by atoms with Gasteiger partial charge in [-0.15, -0.1) is 0 Å². The molecule has 40 heavy (non-hydrogen) atoms. The second kappa shape index (κ2) is 11.2. The van der Waals surface area contributed by atoms with Gasteiger partial charge in [0, 0.05) is 18.5 Å². The summed E-state index contributed by atoms with van der Waals surface area (Å²) in [6, 6.07) is 14.1. The highest BCUT2D eigenvalue weighted by molar-refractivity contribution is 5.96. The average molecular weight is 559 g/mol. The van der Waals surface area contributed by atoms with E-state index in [9.17, 15) is 32.3 Å². The maximum absolute atomic E-state index is 13.1. The number of aromatic nitrogens is 2. The van der Waals surface area contributed by atoms with Gasteiger partial charge in [-0.05, 0) is 36.1 Å². The van der Waals surface area contributed by atoms with E-state index in [1.54, 1.807) is 0 Å². The number of nitrogens with zero attached hydrogens (tertiary/aromatic N) is 1. The lowest BCUT2D eigenvalue weighted by Crippen LogP contribution is -2.58. The van der Waals surface area contributed by atoms with Gasteiger partial charge in [0.25, 0.3) is 0 Å². The maximum atomic E-state index is 13.1. The molecule has 1 aliphatic rings. The van der Waals surface area contributed by atoms with Crippen molar-refractivity contribution < 1.29 is 41.8 Å². The van der Waals surface area contributed by atoms with E-state index in [0.717, 1.165) is 36.1 Å². The van der Waals surface area contributed by atoms with Crippen molar-refractivity contribution in [1.82, 2.24) is 20.6 Å². The number of esters is 2. The van der Waals surface area contributed by atoms with E-state index in [0.29, 0.717) is 5.69 Å². The van der Waals surface area contributed by atoms with Gasteiger partial charge in [-0.3, -0.25) is 4.79 Å². The van der Waals surface area contributed by atoms with Crippen LogP contribution in [0.3, 0.4) is 0 Å². The molecule has 3 N–H and O–H groups in total. The number of carbonyl (C=O) groups is 4. The fourth-order valence-corrected chi connectivity index (χ4v) is 4.32. The van der Waals surface area contributed by atoms with E-state index in [4.69, 9.17) is 4.74 Å². The lowest BCUT2D eigenvalue weighted by molar-refractivity contribution is -0.203. The summed E-state index contributed by atoms with van der Waals surface area (Å²) in [6.07, 6.45) is -3.66. The number of ether oxygens (including phenoxy) is 2. The Labute approximate surface area is 226 Å². The first-order valence-electron chi connectivity index (χ1n) is 12.1. The van der Waals surface area contributed by atoms with Crippen molar-refractivity contribution in [3.63, 3.8) is 0 Å². The fraction of sp³-hybridized carbons (Fsp3) is 0.296. The Hall–Kier alpha value is -4.68. The molecule has 3 aromatic rings. The first-order chi connectivity index (χ1) is 18.9. The number of aromatic amines is 1. The number of nitrogens with one attached hydrogen (secondary N) is 3. The molecule has 1 atom stereocenters. The van der Waals surface area contributed by atoms with Crippen molar-refractivity contribution in [2.75, 3.05) is 6.61 Å². The first-order valence-corrected chi connectivity index (χ1v) is 12.1. The van der Waals surface area contributed by atoms with E-state index >= 15 is 0 Å². The smallest absolute Gasteiger partial charge is 0.449 e. The van der Waals surface area contributed by atoms with Crippen molar-refractivity contribution in [3.8, 4) is 11.1 Å². The minimum Gasteiger partial charge on any atom is -0.449 e. The number of hydrogen-bond donors (Lipinski definition) is 3. The zero-order chi connectivity index (χ0) is 29.1. The molecule has 0 saturated carbocycles. The number of fused-ring (bicyclic) bond motifs is 3. The molecule has 1 aromatic heterocycles. The summed E-state index contributed by atoms with van der Waals surface area (Å²) in [6.45, 7) is 2.07. The molecule has 1 heterocycles. The van der Waals surface area contributed by atoms with Crippen molar-refractivity contribution in [1.29, 1.82) is 0 Å². The number of alkyl carbamates (subject to hydrolysis) is 1. The van der Waals surface area contributed by atoms with Crippen LogP contribution in [0.4, 0.5) is 18.0 Å². The van der Waals surface area contributed by atoms with Crippen LogP contribution >= 0.6 is 0 Å². The van der Waals surface area contributed by atoms with Crippen LogP contribution in [0.2, 0.25) is 0 Å². The second-order valence-electron chi connectivity index (χ2n) is 9.58. The molecule has 0 fully saturated rings. The molecule has 10 nitrogen and oxygen atoms in total. The third-order valence-corrected chi connectivity index (χ3v) is 6.28. The van der Waals surface area contributed by atoms with Gasteiger partial charge in [-0.25, -0.2) is 19.4 Å². The Morgan fingerprint density at radius 3 is 2.12 bits per heavy atom. The molecule has 1 aliphatic carbocycles. The summed E-state index contributed by atoms with van der Waals surface area (Å²) in [7, 11) is 0. The van der Waals surface area contributed by atoms with Gasteiger partial charge in [0.05, 0.1) is 12.0 Å².